The van der Waals surface area contributed by atoms with E-state index in [9.17, 15) is 10.2 Å². The van der Waals surface area contributed by atoms with Crippen molar-refractivity contribution >= 4 is 0 Å². The Balaban J connectivity index is 1.81. The molecule has 6 atom stereocenters. The Morgan fingerprint density at radius 2 is 1.71 bits per heavy atom. The molecule has 100 valence electrons. The Labute approximate surface area is 102 Å². The smallest absolute Gasteiger partial charge is 0.158 e. The first-order valence-corrected chi connectivity index (χ1v) is 6.38. The van der Waals surface area contributed by atoms with E-state index in [4.69, 9.17) is 14.2 Å². The molecule has 0 aromatic rings. The summed E-state index contributed by atoms with van der Waals surface area (Å²) < 4.78 is 16.7. The number of aliphatic hydroxyl groups excluding tert-OH is 2. The second-order valence-corrected chi connectivity index (χ2v) is 4.96. The van der Waals surface area contributed by atoms with E-state index in [1.165, 1.54) is 0 Å². The molecule has 17 heavy (non-hydrogen) atoms. The van der Waals surface area contributed by atoms with Gasteiger partial charge in [-0.2, -0.15) is 0 Å². The molecule has 4 unspecified atom stereocenters. The molecule has 5 heteroatoms. The average molecular weight is 246 g/mol. The molecule has 2 saturated heterocycles. The van der Waals surface area contributed by atoms with E-state index in [0.717, 1.165) is 6.42 Å². The quantitative estimate of drug-likeness (QED) is 0.753. The molecule has 0 aromatic heterocycles. The fourth-order valence-electron chi connectivity index (χ4n) is 2.36. The molecule has 2 heterocycles. The summed E-state index contributed by atoms with van der Waals surface area (Å²) in [5, 5.41) is 18.9. The van der Waals surface area contributed by atoms with Gasteiger partial charge in [0.25, 0.3) is 0 Å². The summed E-state index contributed by atoms with van der Waals surface area (Å²) in [6.07, 6.45) is 1.12. The highest BCUT2D eigenvalue weighted by Gasteiger charge is 2.33. The molecule has 0 amide bonds. The topological polar surface area (TPSA) is 68.2 Å². The predicted octanol–water partition coefficient (Wildman–Crippen LogP) is 0.775. The Kier molecular flexibility index (Phi) is 4.38. The van der Waals surface area contributed by atoms with Gasteiger partial charge < -0.3 is 24.4 Å². The molecule has 0 aliphatic carbocycles. The van der Waals surface area contributed by atoms with Gasteiger partial charge in [0.2, 0.25) is 0 Å². The average Bonchev–Trinajstić information content (AvgIpc) is 2.27. The van der Waals surface area contributed by atoms with Crippen molar-refractivity contribution in [2.75, 3.05) is 0 Å². The van der Waals surface area contributed by atoms with Gasteiger partial charge in [0, 0.05) is 12.8 Å². The van der Waals surface area contributed by atoms with E-state index in [-0.39, 0.29) is 24.6 Å². The molecule has 0 radical (unpaired) electrons. The SMILES string of the molecule is CC1O[C@H](OC2CC[C@@H](O)OC2C)CCC1O. The molecule has 2 N–H and O–H groups in total. The Morgan fingerprint density at radius 1 is 0.941 bits per heavy atom. The van der Waals surface area contributed by atoms with Gasteiger partial charge in [-0.15, -0.1) is 0 Å². The highest BCUT2D eigenvalue weighted by molar-refractivity contribution is 4.76. The molecule has 5 nitrogen and oxygen atoms in total. The third kappa shape index (κ3) is 3.39. The maximum atomic E-state index is 9.55. The van der Waals surface area contributed by atoms with E-state index >= 15 is 0 Å². The minimum atomic E-state index is -0.669. The van der Waals surface area contributed by atoms with E-state index in [1.54, 1.807) is 0 Å². The number of hydrogen-bond acceptors (Lipinski definition) is 5. The molecular formula is C12H22O5. The van der Waals surface area contributed by atoms with Crippen LogP contribution in [0.25, 0.3) is 0 Å². The first-order chi connectivity index (χ1) is 8.06. The molecule has 0 bridgehead atoms. The molecule has 2 aliphatic rings. The zero-order valence-corrected chi connectivity index (χ0v) is 10.4. The Morgan fingerprint density at radius 3 is 2.35 bits per heavy atom. The van der Waals surface area contributed by atoms with Gasteiger partial charge in [-0.3, -0.25) is 0 Å². The van der Waals surface area contributed by atoms with Crippen LogP contribution in [-0.2, 0) is 14.2 Å². The van der Waals surface area contributed by atoms with Crippen LogP contribution in [0.4, 0.5) is 0 Å². The van der Waals surface area contributed by atoms with E-state index in [2.05, 4.69) is 0 Å². The summed E-state index contributed by atoms with van der Waals surface area (Å²) in [5.41, 5.74) is 0. The lowest BCUT2D eigenvalue weighted by molar-refractivity contribution is -0.274. The van der Waals surface area contributed by atoms with E-state index in [1.807, 2.05) is 13.8 Å². The first-order valence-electron chi connectivity index (χ1n) is 6.38. The van der Waals surface area contributed by atoms with Gasteiger partial charge in [-0.05, 0) is 26.7 Å². The second kappa shape index (κ2) is 5.63. The van der Waals surface area contributed by atoms with Crippen molar-refractivity contribution in [2.45, 2.75) is 76.5 Å². The zero-order valence-electron chi connectivity index (χ0n) is 10.4. The summed E-state index contributed by atoms with van der Waals surface area (Å²) in [7, 11) is 0. The second-order valence-electron chi connectivity index (χ2n) is 4.96. The third-order valence-corrected chi connectivity index (χ3v) is 3.53. The van der Waals surface area contributed by atoms with Crippen LogP contribution in [0.3, 0.4) is 0 Å². The van der Waals surface area contributed by atoms with Crippen molar-refractivity contribution in [3.8, 4) is 0 Å². The van der Waals surface area contributed by atoms with Crippen LogP contribution < -0.4 is 0 Å². The highest BCUT2D eigenvalue weighted by Crippen LogP contribution is 2.26. The normalized spacial score (nSPS) is 48.0. The standard InChI is InChI=1S/C12H22O5/c1-7-9(13)3-6-12(16-7)17-10-4-5-11(14)15-8(10)2/h7-14H,3-6H2,1-2H3/t7?,8?,9?,10?,11-,12+/m0/s1. The van der Waals surface area contributed by atoms with Gasteiger partial charge in [-0.25, -0.2) is 0 Å². The highest BCUT2D eigenvalue weighted by atomic mass is 16.7. The van der Waals surface area contributed by atoms with Crippen LogP contribution in [0.1, 0.15) is 39.5 Å². The minimum Gasteiger partial charge on any atom is -0.390 e. The van der Waals surface area contributed by atoms with Crippen LogP contribution in [0.5, 0.6) is 0 Å². The number of ether oxygens (including phenoxy) is 3. The van der Waals surface area contributed by atoms with Gasteiger partial charge in [-0.1, -0.05) is 0 Å². The summed E-state index contributed by atoms with van der Waals surface area (Å²) in [6, 6.07) is 0. The molecular weight excluding hydrogens is 224 g/mol. The zero-order chi connectivity index (χ0) is 12.4. The summed E-state index contributed by atoms with van der Waals surface area (Å²) in [6.45, 7) is 3.75. The lowest BCUT2D eigenvalue weighted by Gasteiger charge is -2.38. The molecule has 2 fully saturated rings. The van der Waals surface area contributed by atoms with Crippen molar-refractivity contribution in [2.24, 2.45) is 0 Å². The maximum absolute atomic E-state index is 9.55. The minimum absolute atomic E-state index is 0.0363. The summed E-state index contributed by atoms with van der Waals surface area (Å²) in [5.74, 6) is 0. The van der Waals surface area contributed by atoms with Crippen LogP contribution in [0.2, 0.25) is 0 Å². The van der Waals surface area contributed by atoms with E-state index in [0.29, 0.717) is 19.3 Å². The van der Waals surface area contributed by atoms with Gasteiger partial charge in [0.15, 0.2) is 12.6 Å². The number of hydrogen-bond donors (Lipinski definition) is 2. The lowest BCUT2D eigenvalue weighted by Crippen LogP contribution is -2.44. The lowest BCUT2D eigenvalue weighted by atomic mass is 10.0. The summed E-state index contributed by atoms with van der Waals surface area (Å²) in [4.78, 5) is 0. The van der Waals surface area contributed by atoms with E-state index < -0.39 is 12.4 Å². The van der Waals surface area contributed by atoms with Crippen LogP contribution >= 0.6 is 0 Å². The predicted molar refractivity (Wildman–Crippen MR) is 60.2 cm³/mol. The number of rotatable bonds is 2. The van der Waals surface area contributed by atoms with Crippen LogP contribution in [-0.4, -0.2) is 47.2 Å². The first kappa shape index (κ1) is 13.2. The Bertz CT molecular complexity index is 247. The molecule has 0 saturated carbocycles. The molecule has 0 spiro atoms. The largest absolute Gasteiger partial charge is 0.390 e. The third-order valence-electron chi connectivity index (χ3n) is 3.53. The van der Waals surface area contributed by atoms with Gasteiger partial charge in [0.1, 0.15) is 0 Å². The Hall–Kier alpha value is -0.200. The number of aliphatic hydroxyl groups is 2. The molecule has 2 aliphatic heterocycles. The van der Waals surface area contributed by atoms with Crippen molar-refractivity contribution in [3.05, 3.63) is 0 Å². The van der Waals surface area contributed by atoms with Crippen molar-refractivity contribution in [3.63, 3.8) is 0 Å². The van der Waals surface area contributed by atoms with Crippen LogP contribution in [0.15, 0.2) is 0 Å². The molecule has 0 aromatic carbocycles. The van der Waals surface area contributed by atoms with Crippen molar-refractivity contribution in [1.29, 1.82) is 0 Å². The monoisotopic (exact) mass is 246 g/mol. The van der Waals surface area contributed by atoms with Crippen LogP contribution in [0, 0.1) is 0 Å². The van der Waals surface area contributed by atoms with Gasteiger partial charge >= 0.3 is 0 Å². The fraction of sp³-hybridized carbons (Fsp3) is 1.00. The summed E-state index contributed by atoms with van der Waals surface area (Å²) >= 11 is 0. The van der Waals surface area contributed by atoms with Crippen molar-refractivity contribution < 1.29 is 24.4 Å². The molecule has 2 rings (SSSR count). The van der Waals surface area contributed by atoms with Gasteiger partial charge in [0.05, 0.1) is 24.4 Å². The fourth-order valence-corrected chi connectivity index (χ4v) is 2.36. The maximum Gasteiger partial charge on any atom is 0.158 e. The van der Waals surface area contributed by atoms with Crippen molar-refractivity contribution in [1.82, 2.24) is 0 Å².